The molecule has 0 aromatic heterocycles. The highest BCUT2D eigenvalue weighted by Gasteiger charge is 2.26. The molecule has 1 saturated heterocycles. The molecule has 3 heteroatoms. The van der Waals surface area contributed by atoms with E-state index in [4.69, 9.17) is 0 Å². The third-order valence-electron chi connectivity index (χ3n) is 3.64. The van der Waals surface area contributed by atoms with Crippen LogP contribution in [0.15, 0.2) is 24.3 Å². The average molecular weight is 248 g/mol. The highest BCUT2D eigenvalue weighted by Crippen LogP contribution is 2.23. The Labute approximate surface area is 110 Å². The Balaban J connectivity index is 2.27. The molecule has 1 heterocycles. The Morgan fingerprint density at radius 1 is 1.28 bits per heavy atom. The maximum Gasteiger partial charge on any atom is 0.0647 e. The molecule has 1 aliphatic heterocycles. The van der Waals surface area contributed by atoms with Crippen LogP contribution in [0.3, 0.4) is 0 Å². The van der Waals surface area contributed by atoms with E-state index in [1.807, 2.05) is 0 Å². The molecule has 1 aromatic rings. The summed E-state index contributed by atoms with van der Waals surface area (Å²) in [6, 6.07) is 8.76. The van der Waals surface area contributed by atoms with Crippen LogP contribution < -0.4 is 4.90 Å². The monoisotopic (exact) mass is 248 g/mol. The van der Waals surface area contributed by atoms with Crippen LogP contribution in [0.5, 0.6) is 0 Å². The molecule has 1 fully saturated rings. The SMILES string of the molecule is Cc1cccc(N2CC(C)CN(C)CC2CO)c1. The van der Waals surface area contributed by atoms with Gasteiger partial charge in [0, 0.05) is 25.3 Å². The fourth-order valence-corrected chi connectivity index (χ4v) is 2.89. The predicted octanol–water partition coefficient (Wildman–Crippen LogP) is 1.74. The minimum atomic E-state index is 0.196. The zero-order valence-electron chi connectivity index (χ0n) is 11.6. The average Bonchev–Trinajstić information content (AvgIpc) is 2.47. The van der Waals surface area contributed by atoms with Gasteiger partial charge in [-0.1, -0.05) is 19.1 Å². The van der Waals surface area contributed by atoms with Crippen molar-refractivity contribution in [3.05, 3.63) is 29.8 Å². The van der Waals surface area contributed by atoms with Crippen LogP contribution in [0.1, 0.15) is 12.5 Å². The van der Waals surface area contributed by atoms with Gasteiger partial charge in [-0.2, -0.15) is 0 Å². The van der Waals surface area contributed by atoms with Crippen molar-refractivity contribution in [1.29, 1.82) is 0 Å². The zero-order chi connectivity index (χ0) is 13.1. The number of anilines is 1. The second-order valence-electron chi connectivity index (χ2n) is 5.65. The highest BCUT2D eigenvalue weighted by atomic mass is 16.3. The van der Waals surface area contributed by atoms with E-state index in [1.54, 1.807) is 0 Å². The van der Waals surface area contributed by atoms with Gasteiger partial charge in [-0.15, -0.1) is 0 Å². The van der Waals surface area contributed by atoms with Crippen LogP contribution in [0.4, 0.5) is 5.69 Å². The van der Waals surface area contributed by atoms with Gasteiger partial charge in [0.2, 0.25) is 0 Å². The van der Waals surface area contributed by atoms with Crippen LogP contribution in [-0.4, -0.2) is 49.3 Å². The maximum absolute atomic E-state index is 9.65. The van der Waals surface area contributed by atoms with Gasteiger partial charge in [0.1, 0.15) is 0 Å². The molecule has 0 bridgehead atoms. The smallest absolute Gasteiger partial charge is 0.0647 e. The van der Waals surface area contributed by atoms with Crippen molar-refractivity contribution in [2.24, 2.45) is 5.92 Å². The van der Waals surface area contributed by atoms with E-state index < -0.39 is 0 Å². The molecular formula is C15H24N2O. The summed E-state index contributed by atoms with van der Waals surface area (Å²) in [4.78, 5) is 4.68. The Morgan fingerprint density at radius 2 is 2.06 bits per heavy atom. The Hall–Kier alpha value is -1.06. The number of likely N-dealkylation sites (N-methyl/N-ethyl adjacent to an activating group) is 1. The van der Waals surface area contributed by atoms with Crippen LogP contribution in [0.2, 0.25) is 0 Å². The number of aryl methyl sites for hydroxylation is 1. The Kier molecular flexibility index (Phi) is 4.25. The van der Waals surface area contributed by atoms with Crippen molar-refractivity contribution in [3.63, 3.8) is 0 Å². The van der Waals surface area contributed by atoms with E-state index in [2.05, 4.69) is 55.0 Å². The van der Waals surface area contributed by atoms with Gasteiger partial charge >= 0.3 is 0 Å². The van der Waals surface area contributed by atoms with Gasteiger partial charge in [0.25, 0.3) is 0 Å². The summed E-state index contributed by atoms with van der Waals surface area (Å²) in [5.74, 6) is 0.618. The molecular weight excluding hydrogens is 224 g/mol. The van der Waals surface area contributed by atoms with E-state index in [1.165, 1.54) is 11.3 Å². The number of rotatable bonds is 2. The van der Waals surface area contributed by atoms with Crippen LogP contribution >= 0.6 is 0 Å². The van der Waals surface area contributed by atoms with Gasteiger partial charge in [0.05, 0.1) is 12.6 Å². The van der Waals surface area contributed by atoms with Gasteiger partial charge in [-0.3, -0.25) is 0 Å². The maximum atomic E-state index is 9.65. The molecule has 0 spiro atoms. The first-order chi connectivity index (χ1) is 8.60. The summed E-state index contributed by atoms with van der Waals surface area (Å²) < 4.78 is 0. The molecule has 100 valence electrons. The molecule has 1 N–H and O–H groups in total. The van der Waals surface area contributed by atoms with E-state index in [-0.39, 0.29) is 12.6 Å². The summed E-state index contributed by atoms with van der Waals surface area (Å²) in [6.45, 7) is 7.64. The van der Waals surface area contributed by atoms with E-state index in [0.29, 0.717) is 5.92 Å². The third kappa shape index (κ3) is 3.03. The lowest BCUT2D eigenvalue weighted by molar-refractivity contribution is 0.226. The second-order valence-corrected chi connectivity index (χ2v) is 5.65. The fraction of sp³-hybridized carbons (Fsp3) is 0.600. The topological polar surface area (TPSA) is 26.7 Å². The zero-order valence-corrected chi connectivity index (χ0v) is 11.6. The molecule has 3 nitrogen and oxygen atoms in total. The predicted molar refractivity (Wildman–Crippen MR) is 76.1 cm³/mol. The fourth-order valence-electron chi connectivity index (χ4n) is 2.89. The molecule has 2 atom stereocenters. The van der Waals surface area contributed by atoms with Crippen molar-refractivity contribution in [2.75, 3.05) is 38.2 Å². The minimum Gasteiger partial charge on any atom is -0.394 e. The lowest BCUT2D eigenvalue weighted by atomic mass is 10.1. The molecule has 18 heavy (non-hydrogen) atoms. The highest BCUT2D eigenvalue weighted by molar-refractivity contribution is 5.49. The van der Waals surface area contributed by atoms with E-state index in [0.717, 1.165) is 19.6 Å². The van der Waals surface area contributed by atoms with Gasteiger partial charge < -0.3 is 14.9 Å². The molecule has 2 rings (SSSR count). The summed E-state index contributed by atoms with van der Waals surface area (Å²) in [7, 11) is 2.14. The summed E-state index contributed by atoms with van der Waals surface area (Å²) in [5, 5.41) is 9.65. The van der Waals surface area contributed by atoms with Crippen LogP contribution in [-0.2, 0) is 0 Å². The van der Waals surface area contributed by atoms with Crippen molar-refractivity contribution >= 4 is 5.69 Å². The van der Waals surface area contributed by atoms with Crippen LogP contribution in [0, 0.1) is 12.8 Å². The number of benzene rings is 1. The molecule has 1 aromatic carbocycles. The number of hydrogen-bond acceptors (Lipinski definition) is 3. The van der Waals surface area contributed by atoms with Gasteiger partial charge in [-0.25, -0.2) is 0 Å². The largest absolute Gasteiger partial charge is 0.394 e. The van der Waals surface area contributed by atoms with Crippen LogP contribution in [0.25, 0.3) is 0 Å². The second kappa shape index (κ2) is 5.72. The van der Waals surface area contributed by atoms with E-state index >= 15 is 0 Å². The molecule has 1 aliphatic rings. The lowest BCUT2D eigenvalue weighted by Gasteiger charge is -2.32. The summed E-state index contributed by atoms with van der Waals surface area (Å²) in [5.41, 5.74) is 2.51. The molecule has 0 saturated carbocycles. The van der Waals surface area contributed by atoms with Gasteiger partial charge in [0.15, 0.2) is 0 Å². The minimum absolute atomic E-state index is 0.196. The first-order valence-electron chi connectivity index (χ1n) is 6.73. The van der Waals surface area contributed by atoms with Crippen molar-refractivity contribution in [1.82, 2.24) is 4.90 Å². The molecule has 0 aliphatic carbocycles. The van der Waals surface area contributed by atoms with Crippen molar-refractivity contribution in [2.45, 2.75) is 19.9 Å². The molecule has 0 radical (unpaired) electrons. The summed E-state index contributed by atoms with van der Waals surface area (Å²) in [6.07, 6.45) is 0. The number of aliphatic hydroxyl groups excluding tert-OH is 1. The number of hydrogen-bond donors (Lipinski definition) is 1. The number of aliphatic hydroxyl groups is 1. The lowest BCUT2D eigenvalue weighted by Crippen LogP contribution is -2.43. The third-order valence-corrected chi connectivity index (χ3v) is 3.64. The molecule has 2 unspecified atom stereocenters. The Morgan fingerprint density at radius 3 is 2.72 bits per heavy atom. The normalized spacial score (nSPS) is 26.1. The first kappa shape index (κ1) is 13.4. The molecule has 0 amide bonds. The standard InChI is InChI=1S/C15H24N2O/c1-12-5-4-6-14(7-12)17-9-13(2)8-16(3)10-15(17)11-18/h4-7,13,15,18H,8-11H2,1-3H3. The number of nitrogens with zero attached hydrogens (tertiary/aromatic N) is 2. The van der Waals surface area contributed by atoms with E-state index in [9.17, 15) is 5.11 Å². The quantitative estimate of drug-likeness (QED) is 0.863. The van der Waals surface area contributed by atoms with Crippen molar-refractivity contribution < 1.29 is 5.11 Å². The van der Waals surface area contributed by atoms with Gasteiger partial charge in [-0.05, 0) is 37.6 Å². The summed E-state index contributed by atoms with van der Waals surface area (Å²) >= 11 is 0. The van der Waals surface area contributed by atoms with Crippen molar-refractivity contribution in [3.8, 4) is 0 Å². The Bertz CT molecular complexity index is 394. The first-order valence-corrected chi connectivity index (χ1v) is 6.73.